The summed E-state index contributed by atoms with van der Waals surface area (Å²) in [5, 5.41) is 4.71. The van der Waals surface area contributed by atoms with E-state index in [-0.39, 0.29) is 0 Å². The van der Waals surface area contributed by atoms with Gasteiger partial charge in [-0.15, -0.1) is 0 Å². The van der Waals surface area contributed by atoms with Gasteiger partial charge in [0.2, 0.25) is 0 Å². The first kappa shape index (κ1) is 14.4. The minimum absolute atomic E-state index is 0.356. The van der Waals surface area contributed by atoms with Crippen LogP contribution in [0.3, 0.4) is 0 Å². The molecule has 0 aliphatic carbocycles. The fourth-order valence-electron chi connectivity index (χ4n) is 2.14. The van der Waals surface area contributed by atoms with Gasteiger partial charge < -0.3 is 10.1 Å². The Labute approximate surface area is 122 Å². The van der Waals surface area contributed by atoms with Gasteiger partial charge in [-0.05, 0) is 24.7 Å². The van der Waals surface area contributed by atoms with Gasteiger partial charge in [0.25, 0.3) is 0 Å². The predicted molar refractivity (Wildman–Crippen MR) is 83.4 cm³/mol. The number of nitrogens with one attached hydrogen (secondary N) is 1. The summed E-state index contributed by atoms with van der Waals surface area (Å²) in [5.74, 6) is 4.45. The molecule has 1 heterocycles. The monoisotopic (exact) mass is 303 g/mol. The molecule has 100 valence electrons. The molecule has 2 rings (SSSR count). The topological polar surface area (TPSA) is 21.3 Å². The van der Waals surface area contributed by atoms with E-state index in [1.54, 1.807) is 7.11 Å². The van der Waals surface area contributed by atoms with Crippen molar-refractivity contribution in [3.63, 3.8) is 0 Å². The molecule has 1 aromatic carbocycles. The van der Waals surface area contributed by atoms with Crippen molar-refractivity contribution in [2.24, 2.45) is 0 Å². The van der Waals surface area contributed by atoms with Crippen LogP contribution in [0.4, 0.5) is 0 Å². The maximum Gasteiger partial charge on any atom is 0.137 e. The number of thioether (sulfide) groups is 2. The van der Waals surface area contributed by atoms with Crippen LogP contribution in [0.2, 0.25) is 5.02 Å². The van der Waals surface area contributed by atoms with E-state index in [0.717, 1.165) is 5.75 Å². The number of benzene rings is 1. The summed E-state index contributed by atoms with van der Waals surface area (Å²) in [7, 11) is 3.68. The van der Waals surface area contributed by atoms with Crippen LogP contribution in [0.15, 0.2) is 18.2 Å². The third-order valence-corrected chi connectivity index (χ3v) is 6.23. The second-order valence-electron chi connectivity index (χ2n) is 4.14. The Morgan fingerprint density at radius 3 is 2.89 bits per heavy atom. The highest BCUT2D eigenvalue weighted by Gasteiger charge is 2.25. The average Bonchev–Trinajstić information content (AvgIpc) is 2.42. The molecule has 18 heavy (non-hydrogen) atoms. The van der Waals surface area contributed by atoms with Gasteiger partial charge in [-0.3, -0.25) is 0 Å². The Hall–Kier alpha value is -0.0300. The van der Waals surface area contributed by atoms with Gasteiger partial charge >= 0.3 is 0 Å². The second-order valence-corrected chi connectivity index (χ2v) is 7.05. The highest BCUT2D eigenvalue weighted by molar-refractivity contribution is 8.06. The van der Waals surface area contributed by atoms with E-state index >= 15 is 0 Å². The number of halogens is 1. The van der Waals surface area contributed by atoms with Crippen molar-refractivity contribution in [2.75, 3.05) is 31.4 Å². The van der Waals surface area contributed by atoms with Gasteiger partial charge in [0.1, 0.15) is 5.75 Å². The lowest BCUT2D eigenvalue weighted by Crippen LogP contribution is -2.31. The molecule has 5 heteroatoms. The molecule has 0 bridgehead atoms. The molecule has 1 fully saturated rings. The molecule has 2 unspecified atom stereocenters. The summed E-state index contributed by atoms with van der Waals surface area (Å²) < 4.78 is 5.30. The van der Waals surface area contributed by atoms with Gasteiger partial charge in [-0.2, -0.15) is 23.5 Å². The van der Waals surface area contributed by atoms with Crippen molar-refractivity contribution < 1.29 is 4.74 Å². The van der Waals surface area contributed by atoms with Gasteiger partial charge in [-0.1, -0.05) is 17.7 Å². The van der Waals surface area contributed by atoms with Crippen molar-refractivity contribution in [3.8, 4) is 5.75 Å². The van der Waals surface area contributed by atoms with Gasteiger partial charge in [0, 0.05) is 28.6 Å². The zero-order valence-corrected chi connectivity index (χ0v) is 13.0. The number of ether oxygens (including phenoxy) is 1. The molecule has 1 aliphatic heterocycles. The highest BCUT2D eigenvalue weighted by atomic mass is 35.5. The zero-order valence-electron chi connectivity index (χ0n) is 10.6. The smallest absolute Gasteiger partial charge is 0.137 e. The number of hydrogen-bond donors (Lipinski definition) is 1. The summed E-state index contributed by atoms with van der Waals surface area (Å²) in [5.41, 5.74) is 1.25. The first-order valence-corrected chi connectivity index (χ1v) is 8.54. The van der Waals surface area contributed by atoms with Crippen LogP contribution in [0, 0.1) is 0 Å². The van der Waals surface area contributed by atoms with Crippen LogP contribution < -0.4 is 10.1 Å². The highest BCUT2D eigenvalue weighted by Crippen LogP contribution is 2.35. The van der Waals surface area contributed by atoms with Crippen LogP contribution in [0.25, 0.3) is 0 Å². The number of methoxy groups -OCH3 is 1. The van der Waals surface area contributed by atoms with E-state index in [1.165, 1.54) is 22.8 Å². The Morgan fingerprint density at radius 2 is 2.28 bits per heavy atom. The third kappa shape index (κ3) is 3.29. The second kappa shape index (κ2) is 6.94. The van der Waals surface area contributed by atoms with Crippen LogP contribution in [0.5, 0.6) is 5.75 Å². The fraction of sp³-hybridized carbons (Fsp3) is 0.538. The zero-order chi connectivity index (χ0) is 13.0. The molecule has 1 aliphatic rings. The van der Waals surface area contributed by atoms with Gasteiger partial charge in [0.05, 0.1) is 12.1 Å². The lowest BCUT2D eigenvalue weighted by atomic mass is 10.0. The predicted octanol–water partition coefficient (Wildman–Crippen LogP) is 3.46. The van der Waals surface area contributed by atoms with Crippen molar-refractivity contribution in [1.82, 2.24) is 5.32 Å². The van der Waals surface area contributed by atoms with Crippen LogP contribution in [-0.2, 0) is 0 Å². The van der Waals surface area contributed by atoms with Crippen molar-refractivity contribution in [2.45, 2.75) is 11.3 Å². The molecule has 0 aromatic heterocycles. The maximum atomic E-state index is 6.08. The summed E-state index contributed by atoms with van der Waals surface area (Å²) in [4.78, 5) is 0. The van der Waals surface area contributed by atoms with Crippen LogP contribution >= 0.6 is 35.1 Å². The Bertz CT molecular complexity index is 397. The molecule has 0 radical (unpaired) electrons. The van der Waals surface area contributed by atoms with E-state index in [2.05, 4.69) is 23.1 Å². The standard InChI is InChI=1S/C13H18ClNOS2/c1-15-13(12-8-17-5-6-18-12)9-3-4-10(14)11(7-9)16-2/h3-4,7,12-13,15H,5-6,8H2,1-2H3. The normalized spacial score (nSPS) is 21.6. The Morgan fingerprint density at radius 1 is 1.44 bits per heavy atom. The van der Waals surface area contributed by atoms with E-state index in [1.807, 2.05) is 30.9 Å². The van der Waals surface area contributed by atoms with E-state index in [4.69, 9.17) is 16.3 Å². The minimum Gasteiger partial charge on any atom is -0.495 e. The molecule has 0 amide bonds. The number of rotatable bonds is 4. The maximum absolute atomic E-state index is 6.08. The summed E-state index contributed by atoms with van der Waals surface area (Å²) in [6, 6.07) is 6.41. The molecular formula is C13H18ClNOS2. The van der Waals surface area contributed by atoms with Crippen molar-refractivity contribution in [1.29, 1.82) is 0 Å². The van der Waals surface area contributed by atoms with Crippen LogP contribution in [-0.4, -0.2) is 36.7 Å². The minimum atomic E-state index is 0.356. The SMILES string of the molecule is CNC(c1ccc(Cl)c(OC)c1)C1CSCCS1. The lowest BCUT2D eigenvalue weighted by molar-refractivity contribution is 0.413. The Balaban J connectivity index is 2.20. The van der Waals surface area contributed by atoms with E-state index < -0.39 is 0 Å². The molecule has 1 saturated heterocycles. The quantitative estimate of drug-likeness (QED) is 0.919. The largest absolute Gasteiger partial charge is 0.495 e. The van der Waals surface area contributed by atoms with Gasteiger partial charge in [0.15, 0.2) is 0 Å². The first-order chi connectivity index (χ1) is 8.76. The summed E-state index contributed by atoms with van der Waals surface area (Å²) in [6.07, 6.45) is 0. The molecular weight excluding hydrogens is 286 g/mol. The summed E-state index contributed by atoms with van der Waals surface area (Å²) in [6.45, 7) is 0. The molecule has 0 spiro atoms. The summed E-state index contributed by atoms with van der Waals surface area (Å²) >= 11 is 10.2. The molecule has 2 nitrogen and oxygen atoms in total. The fourth-order valence-corrected chi connectivity index (χ4v) is 5.24. The van der Waals surface area contributed by atoms with E-state index in [0.29, 0.717) is 16.3 Å². The van der Waals surface area contributed by atoms with Gasteiger partial charge in [-0.25, -0.2) is 0 Å². The van der Waals surface area contributed by atoms with Crippen molar-refractivity contribution in [3.05, 3.63) is 28.8 Å². The first-order valence-electron chi connectivity index (χ1n) is 5.96. The number of hydrogen-bond acceptors (Lipinski definition) is 4. The Kier molecular flexibility index (Phi) is 5.55. The third-order valence-electron chi connectivity index (χ3n) is 3.06. The lowest BCUT2D eigenvalue weighted by Gasteiger charge is -2.29. The molecule has 0 saturated carbocycles. The van der Waals surface area contributed by atoms with Crippen molar-refractivity contribution >= 4 is 35.1 Å². The molecule has 1 aromatic rings. The molecule has 1 N–H and O–H groups in total. The molecule has 2 atom stereocenters. The van der Waals surface area contributed by atoms with Crippen LogP contribution in [0.1, 0.15) is 11.6 Å². The average molecular weight is 304 g/mol. The van der Waals surface area contributed by atoms with E-state index in [9.17, 15) is 0 Å².